The van der Waals surface area contributed by atoms with Crippen molar-refractivity contribution < 1.29 is 15.0 Å². The Morgan fingerprint density at radius 1 is 1.03 bits per heavy atom. The summed E-state index contributed by atoms with van der Waals surface area (Å²) in [6.45, 7) is 16.5. The number of rotatable bonds is 5. The molecule has 0 saturated heterocycles. The number of carbonyl (C=O) groups is 1. The first-order chi connectivity index (χ1) is 15.3. The number of hydrogen-bond donors (Lipinski definition) is 2. The first kappa shape index (κ1) is 25.0. The Hall–Kier alpha value is -1.09. The third-order valence-electron chi connectivity index (χ3n) is 11.9. The third kappa shape index (κ3) is 3.58. The quantitative estimate of drug-likeness (QED) is 0.332. The van der Waals surface area contributed by atoms with Crippen molar-refractivity contribution in [1.82, 2.24) is 0 Å². The predicted molar refractivity (Wildman–Crippen MR) is 135 cm³/mol. The van der Waals surface area contributed by atoms with Crippen LogP contribution in [0.2, 0.25) is 0 Å². The van der Waals surface area contributed by atoms with E-state index in [1.807, 2.05) is 6.08 Å². The summed E-state index contributed by atoms with van der Waals surface area (Å²) >= 11 is 0. The van der Waals surface area contributed by atoms with Crippen molar-refractivity contribution in [3.05, 3.63) is 22.8 Å². The summed E-state index contributed by atoms with van der Waals surface area (Å²) in [5, 5.41) is 20.0. The smallest absolute Gasteiger partial charge is 0.330 e. The first-order valence-electron chi connectivity index (χ1n) is 13.6. The van der Waals surface area contributed by atoms with E-state index in [1.54, 1.807) is 18.1 Å². The molecule has 3 nitrogen and oxygen atoms in total. The Labute approximate surface area is 202 Å². The highest BCUT2D eigenvalue weighted by Crippen LogP contribution is 2.72. The zero-order valence-corrected chi connectivity index (χ0v) is 22.3. The lowest BCUT2D eigenvalue weighted by molar-refractivity contribution is -0.132. The molecule has 0 aromatic carbocycles. The number of fused-ring (bicyclic) bond motifs is 4. The molecule has 0 radical (unpaired) electrons. The van der Waals surface area contributed by atoms with Crippen LogP contribution in [-0.2, 0) is 4.79 Å². The molecule has 0 aromatic rings. The van der Waals surface area contributed by atoms with E-state index in [1.165, 1.54) is 38.5 Å². The fourth-order valence-electron chi connectivity index (χ4n) is 9.48. The van der Waals surface area contributed by atoms with Crippen LogP contribution in [0.15, 0.2) is 22.8 Å². The topological polar surface area (TPSA) is 57.5 Å². The summed E-state index contributed by atoms with van der Waals surface area (Å²) in [6.07, 6.45) is 13.3. The largest absolute Gasteiger partial charge is 0.478 e. The van der Waals surface area contributed by atoms with Crippen LogP contribution < -0.4 is 0 Å². The van der Waals surface area contributed by atoms with Crippen LogP contribution >= 0.6 is 0 Å². The maximum absolute atomic E-state index is 11.1. The molecule has 0 amide bonds. The Morgan fingerprint density at radius 2 is 1.73 bits per heavy atom. The van der Waals surface area contributed by atoms with Crippen LogP contribution in [0.5, 0.6) is 0 Å². The van der Waals surface area contributed by atoms with Crippen LogP contribution in [0, 0.1) is 39.4 Å². The van der Waals surface area contributed by atoms with Gasteiger partial charge in [0.15, 0.2) is 0 Å². The van der Waals surface area contributed by atoms with Gasteiger partial charge in [0.05, 0.1) is 6.10 Å². The molecule has 0 aliphatic heterocycles. The molecular weight excluding hydrogens is 408 g/mol. The molecule has 3 heteroatoms. The Morgan fingerprint density at radius 3 is 2.39 bits per heavy atom. The standard InChI is InChI=1S/C30H48O3/c1-19(9-8-10-20(2)26(32)33)21-13-17-30(7)23-11-12-24-27(3,4)25(31)15-16-28(24,5)22(23)14-18-29(21,30)6/h10,19,21,24-25,31H,8-9,11-18H2,1-7H3,(H,32,33)/b20-10-/t19-,21?,24?,25+,28-,29+,30-/m1/s1. The molecule has 0 aromatic heterocycles. The van der Waals surface area contributed by atoms with Crippen LogP contribution in [0.1, 0.15) is 113 Å². The molecule has 0 heterocycles. The maximum atomic E-state index is 11.1. The van der Waals surface area contributed by atoms with Crippen LogP contribution in [0.3, 0.4) is 0 Å². The van der Waals surface area contributed by atoms with Gasteiger partial charge in [-0.15, -0.1) is 0 Å². The Balaban J connectivity index is 1.60. The average Bonchev–Trinajstić information content (AvgIpc) is 3.02. The average molecular weight is 457 g/mol. The van der Waals surface area contributed by atoms with Gasteiger partial charge < -0.3 is 10.2 Å². The monoisotopic (exact) mass is 456 g/mol. The molecule has 2 N–H and O–H groups in total. The Kier molecular flexibility index (Phi) is 6.25. The highest BCUT2D eigenvalue weighted by atomic mass is 16.4. The molecule has 2 unspecified atom stereocenters. The van der Waals surface area contributed by atoms with Crippen molar-refractivity contribution in [2.45, 2.75) is 119 Å². The summed E-state index contributed by atoms with van der Waals surface area (Å²) in [7, 11) is 0. The van der Waals surface area contributed by atoms with Gasteiger partial charge in [0.2, 0.25) is 0 Å². The number of carboxylic acids is 1. The van der Waals surface area contributed by atoms with E-state index in [0.717, 1.165) is 25.7 Å². The highest BCUT2D eigenvalue weighted by molar-refractivity contribution is 5.85. The lowest BCUT2D eigenvalue weighted by Crippen LogP contribution is -2.55. The van der Waals surface area contributed by atoms with Crippen molar-refractivity contribution in [2.75, 3.05) is 0 Å². The van der Waals surface area contributed by atoms with E-state index in [2.05, 4.69) is 41.5 Å². The van der Waals surface area contributed by atoms with Gasteiger partial charge in [-0.1, -0.05) is 58.8 Å². The molecule has 33 heavy (non-hydrogen) atoms. The second kappa shape index (κ2) is 8.25. The van der Waals surface area contributed by atoms with E-state index in [9.17, 15) is 9.90 Å². The maximum Gasteiger partial charge on any atom is 0.330 e. The van der Waals surface area contributed by atoms with Crippen molar-refractivity contribution in [3.8, 4) is 0 Å². The number of carboxylic acid groups (broad SMARTS) is 1. The second-order valence-corrected chi connectivity index (χ2v) is 13.5. The van der Waals surface area contributed by atoms with E-state index in [4.69, 9.17) is 5.11 Å². The molecule has 4 aliphatic carbocycles. The zero-order chi connectivity index (χ0) is 24.4. The molecule has 2 fully saturated rings. The molecule has 7 atom stereocenters. The number of allylic oxidation sites excluding steroid dienone is 3. The van der Waals surface area contributed by atoms with E-state index in [0.29, 0.717) is 34.2 Å². The Bertz CT molecular complexity index is 866. The summed E-state index contributed by atoms with van der Waals surface area (Å²) in [5.74, 6) is 1.12. The molecule has 2 saturated carbocycles. The summed E-state index contributed by atoms with van der Waals surface area (Å²) in [6, 6.07) is 0. The van der Waals surface area contributed by atoms with Crippen molar-refractivity contribution >= 4 is 5.97 Å². The van der Waals surface area contributed by atoms with Crippen LogP contribution in [0.4, 0.5) is 0 Å². The fourth-order valence-corrected chi connectivity index (χ4v) is 9.48. The summed E-state index contributed by atoms with van der Waals surface area (Å²) in [5.41, 5.74) is 4.95. The van der Waals surface area contributed by atoms with Gasteiger partial charge in [-0.2, -0.15) is 0 Å². The predicted octanol–water partition coefficient (Wildman–Crippen LogP) is 7.54. The van der Waals surface area contributed by atoms with Gasteiger partial charge >= 0.3 is 5.97 Å². The number of aliphatic hydroxyl groups excluding tert-OH is 1. The molecular formula is C30H48O3. The fraction of sp³-hybridized carbons (Fsp3) is 0.833. The van der Waals surface area contributed by atoms with Gasteiger partial charge in [0, 0.05) is 5.57 Å². The molecule has 0 bridgehead atoms. The van der Waals surface area contributed by atoms with Crippen LogP contribution in [-0.4, -0.2) is 22.3 Å². The lowest BCUT2D eigenvalue weighted by Gasteiger charge is -2.62. The van der Waals surface area contributed by atoms with Crippen LogP contribution in [0.25, 0.3) is 0 Å². The van der Waals surface area contributed by atoms with Crippen molar-refractivity contribution in [2.24, 2.45) is 39.4 Å². The summed E-state index contributed by atoms with van der Waals surface area (Å²) < 4.78 is 0. The van der Waals surface area contributed by atoms with Gasteiger partial charge in [-0.05, 0) is 111 Å². The molecule has 4 aliphatic rings. The van der Waals surface area contributed by atoms with E-state index in [-0.39, 0.29) is 16.9 Å². The van der Waals surface area contributed by atoms with Gasteiger partial charge in [-0.3, -0.25) is 0 Å². The number of aliphatic hydroxyl groups is 1. The zero-order valence-electron chi connectivity index (χ0n) is 22.3. The number of aliphatic carboxylic acids is 1. The highest BCUT2D eigenvalue weighted by Gasteiger charge is 2.63. The SMILES string of the molecule is C/C(=C/CC[C@@H](C)C1CC[C@]2(C)C3=C(CC[C@@]12C)[C@@]1(C)CC[C@H](O)C(C)(C)C1CC3)C(=O)O. The molecule has 0 spiro atoms. The van der Waals surface area contributed by atoms with Crippen molar-refractivity contribution in [3.63, 3.8) is 0 Å². The number of hydrogen-bond acceptors (Lipinski definition) is 2. The normalized spacial score (nSPS) is 43.5. The molecule has 4 rings (SSSR count). The van der Waals surface area contributed by atoms with Gasteiger partial charge in [0.25, 0.3) is 0 Å². The van der Waals surface area contributed by atoms with E-state index >= 15 is 0 Å². The minimum Gasteiger partial charge on any atom is -0.478 e. The minimum atomic E-state index is -0.794. The minimum absolute atomic E-state index is 0.00150. The first-order valence-corrected chi connectivity index (χ1v) is 13.6. The van der Waals surface area contributed by atoms with Gasteiger partial charge in [0.1, 0.15) is 0 Å². The second-order valence-electron chi connectivity index (χ2n) is 13.5. The third-order valence-corrected chi connectivity index (χ3v) is 11.9. The molecule has 186 valence electrons. The summed E-state index contributed by atoms with van der Waals surface area (Å²) in [4.78, 5) is 11.1. The van der Waals surface area contributed by atoms with E-state index < -0.39 is 5.97 Å². The lowest BCUT2D eigenvalue weighted by atomic mass is 9.43. The van der Waals surface area contributed by atoms with Gasteiger partial charge in [-0.25, -0.2) is 4.79 Å². The van der Waals surface area contributed by atoms with Crippen molar-refractivity contribution in [1.29, 1.82) is 0 Å².